The van der Waals surface area contributed by atoms with E-state index < -0.39 is 0 Å². The van der Waals surface area contributed by atoms with Gasteiger partial charge in [-0.1, -0.05) is 30.3 Å². The quantitative estimate of drug-likeness (QED) is 0.939. The number of aliphatic hydroxyl groups is 1. The molecule has 0 aromatic heterocycles. The van der Waals surface area contributed by atoms with Crippen molar-refractivity contribution in [1.82, 2.24) is 4.90 Å². The van der Waals surface area contributed by atoms with Crippen LogP contribution < -0.4 is 4.74 Å². The number of nitrogens with zero attached hydrogens (tertiary/aromatic N) is 1. The Labute approximate surface area is 137 Å². The van der Waals surface area contributed by atoms with Gasteiger partial charge in [-0.25, -0.2) is 0 Å². The molecule has 2 bridgehead atoms. The summed E-state index contributed by atoms with van der Waals surface area (Å²) in [4.78, 5) is 2.34. The molecule has 120 valence electrons. The Morgan fingerprint density at radius 1 is 1.17 bits per heavy atom. The van der Waals surface area contributed by atoms with Crippen molar-refractivity contribution in [3.05, 3.63) is 47.7 Å². The molecule has 0 spiro atoms. The number of benzene rings is 2. The lowest BCUT2D eigenvalue weighted by molar-refractivity contribution is 0.0215. The number of fused-ring (bicyclic) bond motifs is 4. The first-order valence-corrected chi connectivity index (χ1v) is 8.57. The maximum absolute atomic E-state index is 10.7. The molecule has 0 amide bonds. The molecule has 3 heterocycles. The summed E-state index contributed by atoms with van der Waals surface area (Å²) in [6.07, 6.45) is 4.02. The molecular weight excluding hydrogens is 286 g/mol. The van der Waals surface area contributed by atoms with Crippen LogP contribution in [-0.4, -0.2) is 35.8 Å². The molecule has 3 saturated heterocycles. The zero-order valence-corrected chi connectivity index (χ0v) is 13.5. The Hall–Kier alpha value is -2.00. The summed E-state index contributed by atoms with van der Waals surface area (Å²) in [6, 6.07) is 12.5. The molecule has 3 aliphatic rings. The van der Waals surface area contributed by atoms with Crippen molar-refractivity contribution in [1.29, 1.82) is 0 Å². The fourth-order valence-corrected chi connectivity index (χ4v) is 3.93. The monoisotopic (exact) mass is 309 g/mol. The van der Waals surface area contributed by atoms with Crippen molar-refractivity contribution in [2.75, 3.05) is 19.7 Å². The van der Waals surface area contributed by atoms with Gasteiger partial charge in [0.1, 0.15) is 5.75 Å². The fraction of sp³-hybridized carbons (Fsp3) is 0.400. The van der Waals surface area contributed by atoms with Gasteiger partial charge >= 0.3 is 0 Å². The van der Waals surface area contributed by atoms with Gasteiger partial charge in [0.25, 0.3) is 0 Å². The van der Waals surface area contributed by atoms with Crippen LogP contribution in [0.15, 0.2) is 42.1 Å². The molecule has 3 heteroatoms. The maximum atomic E-state index is 10.7. The molecule has 1 atom stereocenters. The molecule has 2 aromatic rings. The van der Waals surface area contributed by atoms with Gasteiger partial charge in [0.05, 0.1) is 12.7 Å². The van der Waals surface area contributed by atoms with Crippen LogP contribution in [0.2, 0.25) is 0 Å². The third-order valence-corrected chi connectivity index (χ3v) is 5.18. The highest BCUT2D eigenvalue weighted by molar-refractivity contribution is 5.93. The van der Waals surface area contributed by atoms with Crippen LogP contribution in [0.5, 0.6) is 5.75 Å². The maximum Gasteiger partial charge on any atom is 0.127 e. The van der Waals surface area contributed by atoms with Gasteiger partial charge in [-0.2, -0.15) is 0 Å². The van der Waals surface area contributed by atoms with E-state index in [1.54, 1.807) is 0 Å². The van der Waals surface area contributed by atoms with Crippen LogP contribution in [0.4, 0.5) is 0 Å². The Kier molecular flexibility index (Phi) is 3.74. The minimum atomic E-state index is -0.342. The van der Waals surface area contributed by atoms with Crippen LogP contribution in [0.3, 0.4) is 0 Å². The first-order chi connectivity index (χ1) is 11.3. The SMILES string of the molecule is CCOc1ccc2ccccc2c1C=C1C(O)C2CCN1CC2. The summed E-state index contributed by atoms with van der Waals surface area (Å²) in [5.74, 6) is 1.31. The lowest BCUT2D eigenvalue weighted by Gasteiger charge is -2.46. The number of hydrogen-bond acceptors (Lipinski definition) is 3. The van der Waals surface area contributed by atoms with E-state index in [1.807, 2.05) is 13.0 Å². The van der Waals surface area contributed by atoms with Gasteiger partial charge in [-0.05, 0) is 48.6 Å². The van der Waals surface area contributed by atoms with E-state index in [0.717, 1.165) is 42.9 Å². The molecule has 2 aromatic carbocycles. The number of hydrogen-bond donors (Lipinski definition) is 1. The third-order valence-electron chi connectivity index (χ3n) is 5.18. The van der Waals surface area contributed by atoms with Gasteiger partial charge < -0.3 is 14.7 Å². The van der Waals surface area contributed by atoms with Crippen LogP contribution in [0, 0.1) is 5.92 Å². The fourth-order valence-electron chi connectivity index (χ4n) is 3.93. The molecule has 5 rings (SSSR count). The van der Waals surface area contributed by atoms with Gasteiger partial charge in [-0.15, -0.1) is 0 Å². The predicted octanol–water partition coefficient (Wildman–Crippen LogP) is 3.67. The summed E-state index contributed by atoms with van der Waals surface area (Å²) in [5, 5.41) is 13.0. The van der Waals surface area contributed by atoms with E-state index >= 15 is 0 Å². The molecular formula is C20H23NO2. The molecule has 1 unspecified atom stereocenters. The van der Waals surface area contributed by atoms with E-state index in [4.69, 9.17) is 4.74 Å². The van der Waals surface area contributed by atoms with E-state index in [1.165, 1.54) is 10.8 Å². The highest BCUT2D eigenvalue weighted by Gasteiger charge is 2.36. The molecule has 3 aliphatic heterocycles. The second-order valence-corrected chi connectivity index (χ2v) is 6.47. The second-order valence-electron chi connectivity index (χ2n) is 6.47. The van der Waals surface area contributed by atoms with Crippen LogP contribution in [0.1, 0.15) is 25.3 Å². The van der Waals surface area contributed by atoms with Crippen molar-refractivity contribution >= 4 is 16.8 Å². The van der Waals surface area contributed by atoms with E-state index in [0.29, 0.717) is 12.5 Å². The Morgan fingerprint density at radius 2 is 1.96 bits per heavy atom. The van der Waals surface area contributed by atoms with Crippen molar-refractivity contribution in [3.8, 4) is 5.75 Å². The number of ether oxygens (including phenoxy) is 1. The normalized spacial score (nSPS) is 25.3. The lowest BCUT2D eigenvalue weighted by Crippen LogP contribution is -2.48. The minimum absolute atomic E-state index is 0.342. The highest BCUT2D eigenvalue weighted by atomic mass is 16.5. The van der Waals surface area contributed by atoms with Crippen molar-refractivity contribution in [2.24, 2.45) is 5.92 Å². The first-order valence-electron chi connectivity index (χ1n) is 8.57. The zero-order chi connectivity index (χ0) is 15.8. The predicted molar refractivity (Wildman–Crippen MR) is 93.4 cm³/mol. The van der Waals surface area contributed by atoms with E-state index in [-0.39, 0.29) is 6.10 Å². The Bertz CT molecular complexity index is 740. The van der Waals surface area contributed by atoms with Gasteiger partial charge in [0, 0.05) is 24.4 Å². The molecule has 0 aliphatic carbocycles. The van der Waals surface area contributed by atoms with Gasteiger partial charge in [-0.3, -0.25) is 0 Å². The standard InChI is InChI=1S/C20H23NO2/c1-2-23-19-8-7-14-5-3-4-6-16(14)17(19)13-18-20(22)15-9-11-21(18)12-10-15/h3-8,13,15,20,22H,2,9-12H2,1H3. The van der Waals surface area contributed by atoms with Crippen molar-refractivity contribution < 1.29 is 9.84 Å². The largest absolute Gasteiger partial charge is 0.493 e. The number of aliphatic hydroxyl groups excluding tert-OH is 1. The summed E-state index contributed by atoms with van der Waals surface area (Å²) in [7, 11) is 0. The minimum Gasteiger partial charge on any atom is -0.493 e. The summed E-state index contributed by atoms with van der Waals surface area (Å²) < 4.78 is 5.86. The topological polar surface area (TPSA) is 32.7 Å². The van der Waals surface area contributed by atoms with Gasteiger partial charge in [0.15, 0.2) is 0 Å². The smallest absolute Gasteiger partial charge is 0.127 e. The zero-order valence-electron chi connectivity index (χ0n) is 13.5. The van der Waals surface area contributed by atoms with Gasteiger partial charge in [0.2, 0.25) is 0 Å². The molecule has 3 fully saturated rings. The molecule has 0 radical (unpaired) electrons. The average molecular weight is 309 g/mol. The summed E-state index contributed by atoms with van der Waals surface area (Å²) >= 11 is 0. The lowest BCUT2D eigenvalue weighted by atomic mass is 9.82. The molecule has 3 nitrogen and oxygen atoms in total. The first kappa shape index (κ1) is 14.6. The van der Waals surface area contributed by atoms with Crippen molar-refractivity contribution in [3.63, 3.8) is 0 Å². The Morgan fingerprint density at radius 3 is 2.70 bits per heavy atom. The van der Waals surface area contributed by atoms with Crippen LogP contribution in [-0.2, 0) is 0 Å². The van der Waals surface area contributed by atoms with Crippen molar-refractivity contribution in [2.45, 2.75) is 25.9 Å². The third kappa shape index (κ3) is 2.49. The highest BCUT2D eigenvalue weighted by Crippen LogP contribution is 2.38. The average Bonchev–Trinajstić information content (AvgIpc) is 2.60. The summed E-state index contributed by atoms with van der Waals surface area (Å²) in [5.41, 5.74) is 2.15. The second kappa shape index (κ2) is 5.89. The van der Waals surface area contributed by atoms with E-state index in [2.05, 4.69) is 41.3 Å². The molecule has 1 N–H and O–H groups in total. The van der Waals surface area contributed by atoms with E-state index in [9.17, 15) is 5.11 Å². The van der Waals surface area contributed by atoms with Crippen LogP contribution in [0.25, 0.3) is 16.8 Å². The Balaban J connectivity index is 1.86. The number of rotatable bonds is 3. The molecule has 0 saturated carbocycles. The summed E-state index contributed by atoms with van der Waals surface area (Å²) in [6.45, 7) is 4.76. The number of piperidine rings is 3. The molecule has 23 heavy (non-hydrogen) atoms. The van der Waals surface area contributed by atoms with Crippen LogP contribution >= 0.6 is 0 Å².